The second-order valence-corrected chi connectivity index (χ2v) is 7.29. The van der Waals surface area contributed by atoms with E-state index in [0.29, 0.717) is 11.2 Å². The van der Waals surface area contributed by atoms with E-state index in [1.54, 1.807) is 18.2 Å². The molecule has 3 aromatic rings. The molecule has 8 heteroatoms. The smallest absolute Gasteiger partial charge is 0.274 e. The number of hydroxylamine groups is 1. The molecule has 0 saturated heterocycles. The number of hydrogen-bond acceptors (Lipinski definition) is 5. The maximum absolute atomic E-state index is 12.8. The number of carbonyl (C=O) groups is 1. The molecular formula is C17H15N3O4S. The fraction of sp³-hybridized carbons (Fsp3) is 0.0588. The molecule has 0 aliphatic carbocycles. The predicted octanol–water partition coefficient (Wildman–Crippen LogP) is 2.18. The van der Waals surface area contributed by atoms with E-state index >= 15 is 0 Å². The van der Waals surface area contributed by atoms with Crippen LogP contribution in [0.5, 0.6) is 0 Å². The topological polar surface area (TPSA) is 99.6 Å². The van der Waals surface area contributed by atoms with Crippen molar-refractivity contribution in [2.75, 3.05) is 11.4 Å². The van der Waals surface area contributed by atoms with Gasteiger partial charge in [-0.3, -0.25) is 19.3 Å². The fourth-order valence-electron chi connectivity index (χ4n) is 2.38. The van der Waals surface area contributed by atoms with Crippen molar-refractivity contribution in [3.05, 3.63) is 66.4 Å². The first-order valence-electron chi connectivity index (χ1n) is 7.32. The molecule has 0 radical (unpaired) electrons. The van der Waals surface area contributed by atoms with Crippen LogP contribution in [-0.2, 0) is 10.0 Å². The van der Waals surface area contributed by atoms with Crippen LogP contribution in [0.1, 0.15) is 10.4 Å². The molecule has 0 bridgehead atoms. The molecule has 25 heavy (non-hydrogen) atoms. The number of nitrogens with zero attached hydrogens (tertiary/aromatic N) is 2. The van der Waals surface area contributed by atoms with E-state index in [0.717, 1.165) is 9.69 Å². The third-order valence-corrected chi connectivity index (χ3v) is 5.57. The van der Waals surface area contributed by atoms with Gasteiger partial charge in [0.15, 0.2) is 0 Å². The Kier molecular flexibility index (Phi) is 4.39. The molecule has 1 heterocycles. The first-order valence-corrected chi connectivity index (χ1v) is 8.76. The maximum atomic E-state index is 12.8. The van der Waals surface area contributed by atoms with Gasteiger partial charge in [-0.1, -0.05) is 18.2 Å². The molecule has 7 nitrogen and oxygen atoms in total. The zero-order chi connectivity index (χ0) is 18.0. The van der Waals surface area contributed by atoms with Gasteiger partial charge < -0.3 is 0 Å². The molecule has 2 N–H and O–H groups in total. The van der Waals surface area contributed by atoms with Crippen molar-refractivity contribution < 1.29 is 18.4 Å². The lowest BCUT2D eigenvalue weighted by Crippen LogP contribution is -2.27. The van der Waals surface area contributed by atoms with Crippen LogP contribution in [0, 0.1) is 0 Å². The Morgan fingerprint density at radius 1 is 1.12 bits per heavy atom. The molecular weight excluding hydrogens is 342 g/mol. The van der Waals surface area contributed by atoms with Crippen LogP contribution < -0.4 is 9.79 Å². The largest absolute Gasteiger partial charge is 0.288 e. The molecule has 1 amide bonds. The van der Waals surface area contributed by atoms with Crippen molar-refractivity contribution in [3.63, 3.8) is 0 Å². The zero-order valence-corrected chi connectivity index (χ0v) is 14.1. The summed E-state index contributed by atoms with van der Waals surface area (Å²) in [6, 6.07) is 14.6. The minimum absolute atomic E-state index is 0.0749. The molecule has 1 aromatic heterocycles. The second-order valence-electron chi connectivity index (χ2n) is 5.32. The summed E-state index contributed by atoms with van der Waals surface area (Å²) in [6.07, 6.45) is 1.32. The average molecular weight is 357 g/mol. The summed E-state index contributed by atoms with van der Waals surface area (Å²) in [6.45, 7) is 0. The summed E-state index contributed by atoms with van der Waals surface area (Å²) in [4.78, 5) is 15.6. The number of fused-ring (bicyclic) bond motifs is 1. The summed E-state index contributed by atoms with van der Waals surface area (Å²) in [7, 11) is -2.38. The summed E-state index contributed by atoms with van der Waals surface area (Å²) >= 11 is 0. The van der Waals surface area contributed by atoms with Crippen LogP contribution in [0.15, 0.2) is 65.7 Å². The highest BCUT2D eigenvalue weighted by Gasteiger charge is 2.22. The first-order chi connectivity index (χ1) is 11.9. The molecule has 2 aromatic carbocycles. The minimum atomic E-state index is -3.80. The van der Waals surface area contributed by atoms with E-state index in [9.17, 15) is 13.2 Å². The molecule has 0 spiro atoms. The van der Waals surface area contributed by atoms with Gasteiger partial charge in [-0.25, -0.2) is 13.9 Å². The first kappa shape index (κ1) is 16.9. The Labute approximate surface area is 144 Å². The van der Waals surface area contributed by atoms with Gasteiger partial charge in [0.05, 0.1) is 11.2 Å². The normalized spacial score (nSPS) is 11.3. The van der Waals surface area contributed by atoms with Crippen LogP contribution in [-0.4, -0.2) is 31.6 Å². The number of aromatic nitrogens is 1. The Bertz CT molecular complexity index is 1030. The molecule has 0 aliphatic heterocycles. The van der Waals surface area contributed by atoms with Gasteiger partial charge in [-0.2, -0.15) is 0 Å². The van der Waals surface area contributed by atoms with Gasteiger partial charge >= 0.3 is 0 Å². The fourth-order valence-corrected chi connectivity index (χ4v) is 3.55. The Morgan fingerprint density at radius 2 is 1.80 bits per heavy atom. The third kappa shape index (κ3) is 3.17. The summed E-state index contributed by atoms with van der Waals surface area (Å²) in [5, 5.41) is 9.35. The number of para-hydroxylation sites is 1. The zero-order valence-electron chi connectivity index (χ0n) is 13.2. The van der Waals surface area contributed by atoms with Gasteiger partial charge in [0.1, 0.15) is 4.90 Å². The van der Waals surface area contributed by atoms with E-state index in [1.165, 1.54) is 43.0 Å². The number of nitrogens with one attached hydrogen (secondary N) is 1. The van der Waals surface area contributed by atoms with Crippen molar-refractivity contribution in [2.24, 2.45) is 0 Å². The van der Waals surface area contributed by atoms with Crippen molar-refractivity contribution >= 4 is 32.5 Å². The van der Waals surface area contributed by atoms with Crippen molar-refractivity contribution in [1.29, 1.82) is 0 Å². The minimum Gasteiger partial charge on any atom is -0.288 e. The number of rotatable bonds is 4. The van der Waals surface area contributed by atoms with Gasteiger partial charge in [-0.15, -0.1) is 0 Å². The Hall–Kier alpha value is -2.97. The number of sulfonamides is 1. The standard InChI is InChI=1S/C17H15N3O4S/c1-20(14-8-6-12(7-9-14)17(21)19-22)25(23,24)15-10-13-4-2-3-5-16(13)18-11-15/h2-11,22H,1H3,(H,19,21). The third-order valence-electron chi connectivity index (χ3n) is 3.82. The second kappa shape index (κ2) is 6.50. The highest BCUT2D eigenvalue weighted by molar-refractivity contribution is 7.92. The molecule has 0 saturated carbocycles. The monoisotopic (exact) mass is 357 g/mol. The van der Waals surface area contributed by atoms with E-state index in [4.69, 9.17) is 5.21 Å². The van der Waals surface area contributed by atoms with Gasteiger partial charge in [0.25, 0.3) is 15.9 Å². The SMILES string of the molecule is CN(c1ccc(C(=O)NO)cc1)S(=O)(=O)c1cnc2ccccc2c1. The van der Waals surface area contributed by atoms with Crippen LogP contribution in [0.3, 0.4) is 0 Å². The maximum Gasteiger partial charge on any atom is 0.274 e. The number of anilines is 1. The summed E-state index contributed by atoms with van der Waals surface area (Å²) < 4.78 is 26.7. The van der Waals surface area contributed by atoms with Gasteiger partial charge in [-0.05, 0) is 36.4 Å². The number of benzene rings is 2. The van der Waals surface area contributed by atoms with Crippen molar-refractivity contribution in [1.82, 2.24) is 10.5 Å². The number of pyridine rings is 1. The van der Waals surface area contributed by atoms with Crippen LogP contribution >= 0.6 is 0 Å². The Balaban J connectivity index is 1.96. The van der Waals surface area contributed by atoms with E-state index < -0.39 is 15.9 Å². The lowest BCUT2D eigenvalue weighted by atomic mass is 10.2. The molecule has 0 fully saturated rings. The predicted molar refractivity (Wildman–Crippen MR) is 93.0 cm³/mol. The quantitative estimate of drug-likeness (QED) is 0.551. The van der Waals surface area contributed by atoms with Crippen molar-refractivity contribution in [2.45, 2.75) is 4.90 Å². The number of carbonyl (C=O) groups excluding carboxylic acids is 1. The lowest BCUT2D eigenvalue weighted by Gasteiger charge is -2.19. The van der Waals surface area contributed by atoms with E-state index in [2.05, 4.69) is 4.98 Å². The molecule has 3 rings (SSSR count). The molecule has 128 valence electrons. The summed E-state index contributed by atoms with van der Waals surface area (Å²) in [5.41, 5.74) is 2.83. The number of amides is 1. The highest BCUT2D eigenvalue weighted by atomic mass is 32.2. The molecule has 0 unspecified atom stereocenters. The molecule has 0 aliphatic rings. The lowest BCUT2D eigenvalue weighted by molar-refractivity contribution is 0.0706. The van der Waals surface area contributed by atoms with Crippen molar-refractivity contribution in [3.8, 4) is 0 Å². The van der Waals surface area contributed by atoms with E-state index in [1.807, 2.05) is 12.1 Å². The Morgan fingerprint density at radius 3 is 2.48 bits per heavy atom. The molecule has 0 atom stereocenters. The van der Waals surface area contributed by atoms with Crippen LogP contribution in [0.4, 0.5) is 5.69 Å². The number of hydrogen-bond donors (Lipinski definition) is 2. The average Bonchev–Trinajstić information content (AvgIpc) is 2.66. The highest BCUT2D eigenvalue weighted by Crippen LogP contribution is 2.24. The summed E-state index contributed by atoms with van der Waals surface area (Å²) in [5.74, 6) is -0.671. The van der Waals surface area contributed by atoms with E-state index in [-0.39, 0.29) is 10.5 Å². The van der Waals surface area contributed by atoms with Gasteiger partial charge in [0.2, 0.25) is 0 Å². The van der Waals surface area contributed by atoms with Crippen LogP contribution in [0.2, 0.25) is 0 Å². The van der Waals surface area contributed by atoms with Gasteiger partial charge in [0, 0.05) is 24.2 Å². The van der Waals surface area contributed by atoms with Crippen LogP contribution in [0.25, 0.3) is 10.9 Å².